The second-order valence-electron chi connectivity index (χ2n) is 7.02. The van der Waals surface area contributed by atoms with Crippen LogP contribution in [-0.4, -0.2) is 51.4 Å². The summed E-state index contributed by atoms with van der Waals surface area (Å²) < 4.78 is 35.9. The van der Waals surface area contributed by atoms with Crippen LogP contribution < -0.4 is 10.2 Å². The fraction of sp³-hybridized carbons (Fsp3) is 0.250. The van der Waals surface area contributed by atoms with Crippen LogP contribution in [0.2, 0.25) is 0 Å². The first-order valence-electron chi connectivity index (χ1n) is 9.41. The summed E-state index contributed by atoms with van der Waals surface area (Å²) in [5, 5.41) is 13.5. The highest BCUT2D eigenvalue weighted by Crippen LogP contribution is 2.30. The molecule has 1 saturated heterocycles. The monoisotopic (exact) mass is 428 g/mol. The molecule has 11 heteroatoms. The quantitative estimate of drug-likeness (QED) is 0.670. The van der Waals surface area contributed by atoms with Crippen molar-refractivity contribution in [3.05, 3.63) is 53.9 Å². The molecule has 0 aliphatic carbocycles. The number of halogens is 2. The van der Waals surface area contributed by atoms with Gasteiger partial charge in [0, 0.05) is 12.5 Å². The van der Waals surface area contributed by atoms with E-state index in [1.54, 1.807) is 19.1 Å². The third kappa shape index (κ3) is 4.06. The lowest BCUT2D eigenvalue weighted by atomic mass is 10.0. The van der Waals surface area contributed by atoms with Gasteiger partial charge in [0.1, 0.15) is 23.4 Å². The molecule has 2 amide bonds. The van der Waals surface area contributed by atoms with Crippen LogP contribution in [0.4, 0.5) is 19.3 Å². The molecule has 3 aromatic rings. The Morgan fingerprint density at radius 1 is 1.23 bits per heavy atom. The van der Waals surface area contributed by atoms with Gasteiger partial charge in [-0.1, -0.05) is 6.07 Å². The van der Waals surface area contributed by atoms with Gasteiger partial charge in [-0.2, -0.15) is 4.68 Å². The molecule has 2 heterocycles. The number of anilines is 1. The Labute approximate surface area is 175 Å². The van der Waals surface area contributed by atoms with Crippen LogP contribution >= 0.6 is 0 Å². The summed E-state index contributed by atoms with van der Waals surface area (Å²) in [6, 6.07) is 8.43. The molecule has 0 saturated carbocycles. The Hall–Kier alpha value is -3.89. The van der Waals surface area contributed by atoms with Crippen molar-refractivity contribution in [3.63, 3.8) is 0 Å². The average molecular weight is 428 g/mol. The number of nitrogens with one attached hydrogen (secondary N) is 1. The van der Waals surface area contributed by atoms with Gasteiger partial charge in [0.2, 0.25) is 5.91 Å². The fourth-order valence-corrected chi connectivity index (χ4v) is 3.30. The molecule has 4 rings (SSSR count). The van der Waals surface area contributed by atoms with Gasteiger partial charge in [0.25, 0.3) is 0 Å². The number of tetrazole rings is 1. The van der Waals surface area contributed by atoms with Crippen molar-refractivity contribution in [3.8, 4) is 16.8 Å². The Morgan fingerprint density at radius 2 is 2.03 bits per heavy atom. The standard InChI is InChI=1S/C20H18F2N6O3/c1-11-24-25-26-28(11)19-6-3-13(7-18(19)22)16-5-4-14(8-17(16)21)27-10-15(31-20(27)30)9-23-12(2)29/h3-8,15H,9-10H2,1-2H3,(H,23,29)/t15-/m0/s1. The highest BCUT2D eigenvalue weighted by atomic mass is 19.1. The van der Waals surface area contributed by atoms with E-state index in [9.17, 15) is 18.4 Å². The summed E-state index contributed by atoms with van der Waals surface area (Å²) in [6.07, 6.45) is -1.16. The zero-order chi connectivity index (χ0) is 22.1. The normalized spacial score (nSPS) is 15.8. The minimum atomic E-state index is -0.630. The second kappa shape index (κ2) is 8.09. The Bertz CT molecular complexity index is 1170. The van der Waals surface area contributed by atoms with E-state index in [1.807, 2.05) is 0 Å². The van der Waals surface area contributed by atoms with Crippen molar-refractivity contribution in [2.45, 2.75) is 20.0 Å². The molecule has 1 atom stereocenters. The van der Waals surface area contributed by atoms with E-state index in [1.165, 1.54) is 40.8 Å². The second-order valence-corrected chi connectivity index (χ2v) is 7.02. The first kappa shape index (κ1) is 20.4. The highest BCUT2D eigenvalue weighted by Gasteiger charge is 2.32. The van der Waals surface area contributed by atoms with Gasteiger partial charge in [-0.25, -0.2) is 13.6 Å². The van der Waals surface area contributed by atoms with Crippen molar-refractivity contribution in [2.24, 2.45) is 0 Å². The van der Waals surface area contributed by atoms with Gasteiger partial charge in [0.05, 0.1) is 18.8 Å². The van der Waals surface area contributed by atoms with Crippen LogP contribution in [0.15, 0.2) is 36.4 Å². The number of hydrogen-bond acceptors (Lipinski definition) is 6. The van der Waals surface area contributed by atoms with E-state index in [2.05, 4.69) is 20.8 Å². The fourth-order valence-electron chi connectivity index (χ4n) is 3.30. The lowest BCUT2D eigenvalue weighted by molar-refractivity contribution is -0.119. The predicted molar refractivity (Wildman–Crippen MR) is 106 cm³/mol. The zero-order valence-electron chi connectivity index (χ0n) is 16.7. The summed E-state index contributed by atoms with van der Waals surface area (Å²) in [5.74, 6) is -1.06. The summed E-state index contributed by atoms with van der Waals surface area (Å²) in [4.78, 5) is 24.4. The molecule has 1 aliphatic rings. The number of cyclic esters (lactones) is 1. The number of aryl methyl sites for hydroxylation is 1. The molecule has 9 nitrogen and oxygen atoms in total. The summed E-state index contributed by atoms with van der Waals surface area (Å²) >= 11 is 0. The Balaban J connectivity index is 1.56. The molecule has 1 N–H and O–H groups in total. The molecule has 0 bridgehead atoms. The molecular formula is C20H18F2N6O3. The number of ether oxygens (including phenoxy) is 1. The highest BCUT2D eigenvalue weighted by molar-refractivity contribution is 5.90. The molecular weight excluding hydrogens is 410 g/mol. The van der Waals surface area contributed by atoms with Gasteiger partial charge in [0.15, 0.2) is 5.82 Å². The first-order chi connectivity index (χ1) is 14.8. The van der Waals surface area contributed by atoms with Crippen LogP contribution in [0.1, 0.15) is 12.7 Å². The number of nitrogens with zero attached hydrogens (tertiary/aromatic N) is 5. The van der Waals surface area contributed by atoms with Gasteiger partial charge >= 0.3 is 6.09 Å². The van der Waals surface area contributed by atoms with Crippen LogP contribution in [0.25, 0.3) is 16.8 Å². The maximum atomic E-state index is 14.8. The third-order valence-electron chi connectivity index (χ3n) is 4.83. The van der Waals surface area contributed by atoms with Crippen molar-refractivity contribution >= 4 is 17.7 Å². The Morgan fingerprint density at radius 3 is 2.68 bits per heavy atom. The summed E-state index contributed by atoms with van der Waals surface area (Å²) in [5.41, 5.74) is 0.944. The van der Waals surface area contributed by atoms with Crippen LogP contribution in [0.3, 0.4) is 0 Å². The number of rotatable bonds is 5. The number of aromatic nitrogens is 4. The minimum absolute atomic E-state index is 0.147. The van der Waals surface area contributed by atoms with Gasteiger partial charge < -0.3 is 10.1 Å². The summed E-state index contributed by atoms with van der Waals surface area (Å²) in [7, 11) is 0. The number of hydrogen-bond donors (Lipinski definition) is 1. The van der Waals surface area contributed by atoms with E-state index in [0.29, 0.717) is 17.1 Å². The molecule has 0 spiro atoms. The first-order valence-corrected chi connectivity index (χ1v) is 9.41. The van der Waals surface area contributed by atoms with Crippen LogP contribution in [0, 0.1) is 18.6 Å². The molecule has 160 valence electrons. The number of carbonyl (C=O) groups excluding carboxylic acids is 2. The SMILES string of the molecule is CC(=O)NC[C@H]1CN(c2ccc(-c3ccc(-n4nnnc4C)c(F)c3)c(F)c2)C(=O)O1. The van der Waals surface area contributed by atoms with Crippen LogP contribution in [0.5, 0.6) is 0 Å². The van der Waals surface area contributed by atoms with Crippen molar-refractivity contribution in [1.29, 1.82) is 0 Å². The Kier molecular flexibility index (Phi) is 5.32. The molecule has 1 aromatic heterocycles. The van der Waals surface area contributed by atoms with E-state index in [4.69, 9.17) is 4.74 Å². The van der Waals surface area contributed by atoms with Gasteiger partial charge in [-0.15, -0.1) is 5.10 Å². The van der Waals surface area contributed by atoms with E-state index in [-0.39, 0.29) is 30.2 Å². The molecule has 0 radical (unpaired) electrons. The lowest BCUT2D eigenvalue weighted by Crippen LogP contribution is -2.33. The minimum Gasteiger partial charge on any atom is -0.442 e. The predicted octanol–water partition coefficient (Wildman–Crippen LogP) is 2.38. The molecule has 1 aliphatic heterocycles. The lowest BCUT2D eigenvalue weighted by Gasteiger charge is -2.15. The molecule has 1 fully saturated rings. The zero-order valence-corrected chi connectivity index (χ0v) is 16.7. The number of amides is 2. The average Bonchev–Trinajstić information content (AvgIpc) is 3.31. The molecule has 0 unspecified atom stereocenters. The third-order valence-corrected chi connectivity index (χ3v) is 4.83. The topological polar surface area (TPSA) is 102 Å². The maximum Gasteiger partial charge on any atom is 0.414 e. The number of carbonyl (C=O) groups is 2. The summed E-state index contributed by atoms with van der Waals surface area (Å²) in [6.45, 7) is 3.34. The maximum absolute atomic E-state index is 14.8. The molecule has 2 aromatic carbocycles. The van der Waals surface area contributed by atoms with E-state index in [0.717, 1.165) is 0 Å². The smallest absolute Gasteiger partial charge is 0.414 e. The van der Waals surface area contributed by atoms with Crippen molar-refractivity contribution < 1.29 is 23.1 Å². The van der Waals surface area contributed by atoms with Gasteiger partial charge in [-0.05, 0) is 53.2 Å². The number of benzene rings is 2. The van der Waals surface area contributed by atoms with E-state index >= 15 is 0 Å². The van der Waals surface area contributed by atoms with E-state index < -0.39 is 23.8 Å². The van der Waals surface area contributed by atoms with Crippen molar-refractivity contribution in [2.75, 3.05) is 18.0 Å². The van der Waals surface area contributed by atoms with Gasteiger partial charge in [-0.3, -0.25) is 9.69 Å². The van der Waals surface area contributed by atoms with Crippen molar-refractivity contribution in [1.82, 2.24) is 25.5 Å². The largest absolute Gasteiger partial charge is 0.442 e. The van der Waals surface area contributed by atoms with Crippen LogP contribution in [-0.2, 0) is 9.53 Å². The molecule has 31 heavy (non-hydrogen) atoms.